The zero-order valence-corrected chi connectivity index (χ0v) is 19.8. The molecule has 3 aromatic rings. The van der Waals surface area contributed by atoms with Crippen molar-refractivity contribution in [2.24, 2.45) is 0 Å². The topological polar surface area (TPSA) is 96.8 Å². The third kappa shape index (κ3) is 4.71. The fourth-order valence-corrected chi connectivity index (χ4v) is 4.01. The van der Waals surface area contributed by atoms with E-state index in [4.69, 9.17) is 4.74 Å². The van der Waals surface area contributed by atoms with E-state index in [1.807, 2.05) is 19.1 Å². The molecular formula is C28H26N2O5. The van der Waals surface area contributed by atoms with Gasteiger partial charge in [-0.2, -0.15) is 0 Å². The Kier molecular flexibility index (Phi) is 6.78. The molecule has 1 aliphatic heterocycles. The zero-order valence-electron chi connectivity index (χ0n) is 19.8. The second-order valence-electron chi connectivity index (χ2n) is 8.48. The maximum absolute atomic E-state index is 13.2. The first kappa shape index (κ1) is 23.9. The monoisotopic (exact) mass is 470 g/mol. The summed E-state index contributed by atoms with van der Waals surface area (Å²) in [5.41, 5.74) is 2.63. The summed E-state index contributed by atoms with van der Waals surface area (Å²) in [6.07, 6.45) is 2.13. The Hall–Kier alpha value is -4.26. The molecular weight excluding hydrogens is 444 g/mol. The Labute approximate surface area is 203 Å². The van der Waals surface area contributed by atoms with Crippen molar-refractivity contribution in [2.75, 3.05) is 4.90 Å². The predicted molar refractivity (Wildman–Crippen MR) is 132 cm³/mol. The lowest BCUT2D eigenvalue weighted by Crippen LogP contribution is -2.29. The van der Waals surface area contributed by atoms with E-state index >= 15 is 0 Å². The van der Waals surface area contributed by atoms with Gasteiger partial charge in [0.05, 0.1) is 22.9 Å². The molecule has 7 nitrogen and oxygen atoms in total. The van der Waals surface area contributed by atoms with Gasteiger partial charge in [0.1, 0.15) is 11.8 Å². The van der Waals surface area contributed by atoms with Crippen LogP contribution in [0.3, 0.4) is 0 Å². The van der Waals surface area contributed by atoms with Gasteiger partial charge in [-0.15, -0.1) is 0 Å². The van der Waals surface area contributed by atoms with Crippen LogP contribution in [0.15, 0.2) is 78.5 Å². The van der Waals surface area contributed by atoms with Gasteiger partial charge in [0.2, 0.25) is 0 Å². The molecule has 1 aliphatic rings. The third-order valence-corrected chi connectivity index (χ3v) is 5.77. The number of ketones is 1. The molecule has 1 atom stereocenters. The van der Waals surface area contributed by atoms with Gasteiger partial charge in [-0.1, -0.05) is 37.3 Å². The maximum Gasteiger partial charge on any atom is 0.338 e. The van der Waals surface area contributed by atoms with Crippen molar-refractivity contribution in [1.82, 2.24) is 4.98 Å². The molecule has 1 amide bonds. The number of anilines is 1. The van der Waals surface area contributed by atoms with Crippen LogP contribution in [0.25, 0.3) is 5.76 Å². The number of amides is 1. The average Bonchev–Trinajstić information content (AvgIpc) is 3.14. The lowest BCUT2D eigenvalue weighted by Gasteiger charge is -2.24. The molecule has 1 aromatic heterocycles. The molecule has 2 heterocycles. The molecule has 2 aromatic carbocycles. The normalized spacial score (nSPS) is 17.1. The summed E-state index contributed by atoms with van der Waals surface area (Å²) in [4.78, 5) is 44.3. The maximum atomic E-state index is 13.2. The molecule has 1 saturated heterocycles. The van der Waals surface area contributed by atoms with Gasteiger partial charge in [0.25, 0.3) is 11.7 Å². The van der Waals surface area contributed by atoms with E-state index in [1.54, 1.807) is 74.6 Å². The summed E-state index contributed by atoms with van der Waals surface area (Å²) in [5.74, 6) is -2.34. The second kappa shape index (κ2) is 9.93. The molecule has 7 heteroatoms. The summed E-state index contributed by atoms with van der Waals surface area (Å²) in [6, 6.07) is 17.7. The van der Waals surface area contributed by atoms with Gasteiger partial charge >= 0.3 is 5.97 Å². The van der Waals surface area contributed by atoms with Crippen molar-refractivity contribution in [1.29, 1.82) is 0 Å². The molecule has 1 unspecified atom stereocenters. The van der Waals surface area contributed by atoms with Gasteiger partial charge in [-0.3, -0.25) is 19.5 Å². The van der Waals surface area contributed by atoms with E-state index in [1.165, 1.54) is 4.90 Å². The number of Topliss-reactive ketones (excluding diaryl/α,β-unsaturated/α-hetero) is 1. The molecule has 178 valence electrons. The first-order valence-electron chi connectivity index (χ1n) is 11.4. The standard InChI is InChI=1S/C28H26N2O5/c1-4-18-8-10-19(11-9-18)25(31)23-24(22-7-5-6-16-29-22)30(27(33)26(23)32)21-14-12-20(13-15-21)28(34)35-17(2)3/h5-17,24,31H,4H2,1-3H3/b25-23+. The van der Waals surface area contributed by atoms with Crippen molar-refractivity contribution >= 4 is 29.1 Å². The van der Waals surface area contributed by atoms with Gasteiger partial charge in [0, 0.05) is 17.4 Å². The number of benzene rings is 2. The number of esters is 1. The minimum atomic E-state index is -0.935. The van der Waals surface area contributed by atoms with Gasteiger partial charge < -0.3 is 9.84 Å². The van der Waals surface area contributed by atoms with E-state index in [9.17, 15) is 19.5 Å². The molecule has 0 radical (unpaired) electrons. The molecule has 0 bridgehead atoms. The molecule has 0 aliphatic carbocycles. The SMILES string of the molecule is CCc1ccc(/C(O)=C2\C(=O)C(=O)N(c3ccc(C(=O)OC(C)C)cc3)C2c2ccccn2)cc1. The lowest BCUT2D eigenvalue weighted by atomic mass is 9.97. The number of carbonyl (C=O) groups excluding carboxylic acids is 3. The van der Waals surface area contributed by atoms with E-state index < -0.39 is 23.7 Å². The zero-order chi connectivity index (χ0) is 25.1. The van der Waals surface area contributed by atoms with E-state index in [-0.39, 0.29) is 17.4 Å². The number of nitrogens with zero attached hydrogens (tertiary/aromatic N) is 2. The minimum Gasteiger partial charge on any atom is -0.507 e. The number of aryl methyl sites for hydroxylation is 1. The van der Waals surface area contributed by atoms with E-state index in [0.717, 1.165) is 12.0 Å². The van der Waals surface area contributed by atoms with Crippen molar-refractivity contribution in [3.05, 3.63) is 101 Å². The summed E-state index contributed by atoms with van der Waals surface area (Å²) >= 11 is 0. The van der Waals surface area contributed by atoms with Crippen LogP contribution < -0.4 is 4.90 Å². The fourth-order valence-electron chi connectivity index (χ4n) is 4.01. The van der Waals surface area contributed by atoms with Crippen LogP contribution in [0.2, 0.25) is 0 Å². The number of aromatic nitrogens is 1. The molecule has 35 heavy (non-hydrogen) atoms. The summed E-state index contributed by atoms with van der Waals surface area (Å²) in [6.45, 7) is 5.54. The number of carbonyl (C=O) groups is 3. The summed E-state index contributed by atoms with van der Waals surface area (Å²) in [5, 5.41) is 11.2. The minimum absolute atomic E-state index is 0.0405. The highest BCUT2D eigenvalue weighted by atomic mass is 16.5. The number of ether oxygens (including phenoxy) is 1. The molecule has 0 spiro atoms. The average molecular weight is 471 g/mol. The Morgan fingerprint density at radius 1 is 1.00 bits per heavy atom. The van der Waals surface area contributed by atoms with Gasteiger partial charge in [0.15, 0.2) is 0 Å². The van der Waals surface area contributed by atoms with Gasteiger partial charge in [-0.25, -0.2) is 4.79 Å². The van der Waals surface area contributed by atoms with Crippen molar-refractivity contribution in [3.8, 4) is 0 Å². The van der Waals surface area contributed by atoms with Crippen molar-refractivity contribution < 1.29 is 24.2 Å². The Bertz CT molecular complexity index is 1280. The van der Waals surface area contributed by atoms with Crippen LogP contribution in [-0.2, 0) is 20.7 Å². The largest absolute Gasteiger partial charge is 0.507 e. The highest BCUT2D eigenvalue weighted by Gasteiger charge is 2.47. The quantitative estimate of drug-likeness (QED) is 0.240. The first-order chi connectivity index (χ1) is 16.8. The van der Waals surface area contributed by atoms with Crippen molar-refractivity contribution in [2.45, 2.75) is 39.3 Å². The Morgan fingerprint density at radius 2 is 1.66 bits per heavy atom. The van der Waals surface area contributed by atoms with Crippen LogP contribution in [0.1, 0.15) is 54.0 Å². The van der Waals surface area contributed by atoms with Crippen LogP contribution >= 0.6 is 0 Å². The van der Waals surface area contributed by atoms with Gasteiger partial charge in [-0.05, 0) is 62.2 Å². The Balaban J connectivity index is 1.81. The van der Waals surface area contributed by atoms with Crippen LogP contribution in [0.5, 0.6) is 0 Å². The predicted octanol–water partition coefficient (Wildman–Crippen LogP) is 4.84. The van der Waals surface area contributed by atoms with E-state index in [2.05, 4.69) is 4.98 Å². The number of hydrogen-bond acceptors (Lipinski definition) is 6. The summed E-state index contributed by atoms with van der Waals surface area (Å²) < 4.78 is 5.22. The number of rotatable bonds is 6. The third-order valence-electron chi connectivity index (χ3n) is 5.77. The fraction of sp³-hybridized carbons (Fsp3) is 0.214. The number of hydrogen-bond donors (Lipinski definition) is 1. The summed E-state index contributed by atoms with van der Waals surface area (Å²) in [7, 11) is 0. The first-order valence-corrected chi connectivity index (χ1v) is 11.4. The highest BCUT2D eigenvalue weighted by Crippen LogP contribution is 2.41. The Morgan fingerprint density at radius 3 is 2.23 bits per heavy atom. The van der Waals surface area contributed by atoms with Crippen LogP contribution in [-0.4, -0.2) is 33.9 Å². The highest BCUT2D eigenvalue weighted by molar-refractivity contribution is 6.51. The van der Waals surface area contributed by atoms with Crippen LogP contribution in [0.4, 0.5) is 5.69 Å². The smallest absolute Gasteiger partial charge is 0.338 e. The molecule has 0 saturated carbocycles. The number of pyridine rings is 1. The second-order valence-corrected chi connectivity index (χ2v) is 8.48. The molecule has 1 N–H and O–H groups in total. The van der Waals surface area contributed by atoms with Crippen molar-refractivity contribution in [3.63, 3.8) is 0 Å². The molecule has 4 rings (SSSR count). The lowest BCUT2D eigenvalue weighted by molar-refractivity contribution is -0.132. The van der Waals surface area contributed by atoms with Crippen LogP contribution in [0, 0.1) is 0 Å². The van der Waals surface area contributed by atoms with E-state index in [0.29, 0.717) is 22.5 Å². The number of aliphatic hydroxyl groups is 1. The molecule has 1 fully saturated rings. The number of aliphatic hydroxyl groups excluding tert-OH is 1.